The van der Waals surface area contributed by atoms with E-state index in [1.807, 2.05) is 55.5 Å². The molecule has 0 fully saturated rings. The number of benzene rings is 2. The summed E-state index contributed by atoms with van der Waals surface area (Å²) in [6.07, 6.45) is 5.14. The van der Waals surface area contributed by atoms with E-state index >= 15 is 0 Å². The molecule has 3 heteroatoms. The number of fused-ring (bicyclic) bond motifs is 3. The van der Waals surface area contributed by atoms with E-state index < -0.39 is 0 Å². The molecular formula is C21H16N2O. The maximum Gasteiger partial charge on any atom is 0.185 e. The number of para-hydroxylation sites is 1. The third-order valence-corrected chi connectivity index (χ3v) is 4.19. The summed E-state index contributed by atoms with van der Waals surface area (Å²) in [6, 6.07) is 17.7. The van der Waals surface area contributed by atoms with Crippen LogP contribution in [0.3, 0.4) is 0 Å². The largest absolute Gasteiger partial charge is 0.353 e. The average Bonchev–Trinajstić information content (AvgIpc) is 2.99. The topological polar surface area (TPSA) is 45.8 Å². The van der Waals surface area contributed by atoms with E-state index in [2.05, 4.69) is 16.0 Å². The summed E-state index contributed by atoms with van der Waals surface area (Å²) >= 11 is 0. The quantitative estimate of drug-likeness (QED) is 0.431. The Morgan fingerprint density at radius 1 is 1.00 bits per heavy atom. The summed E-state index contributed by atoms with van der Waals surface area (Å²) in [5.41, 5.74) is 4.61. The Balaban J connectivity index is 1.74. The molecule has 0 atom stereocenters. The van der Waals surface area contributed by atoms with Gasteiger partial charge in [-0.3, -0.25) is 9.78 Å². The highest BCUT2D eigenvalue weighted by molar-refractivity contribution is 6.11. The Kier molecular flexibility index (Phi) is 3.47. The molecule has 24 heavy (non-hydrogen) atoms. The van der Waals surface area contributed by atoms with Crippen LogP contribution in [0.15, 0.2) is 66.9 Å². The van der Waals surface area contributed by atoms with E-state index in [0.29, 0.717) is 5.56 Å². The van der Waals surface area contributed by atoms with Crippen LogP contribution in [0.2, 0.25) is 0 Å². The predicted molar refractivity (Wildman–Crippen MR) is 98.1 cm³/mol. The first-order chi connectivity index (χ1) is 11.7. The maximum absolute atomic E-state index is 12.3. The molecule has 3 nitrogen and oxygen atoms in total. The molecule has 0 radical (unpaired) electrons. The molecule has 0 aliphatic rings. The van der Waals surface area contributed by atoms with Crippen LogP contribution in [-0.4, -0.2) is 15.8 Å². The van der Waals surface area contributed by atoms with Crippen molar-refractivity contribution in [2.45, 2.75) is 6.92 Å². The van der Waals surface area contributed by atoms with Gasteiger partial charge in [0.25, 0.3) is 0 Å². The minimum absolute atomic E-state index is 0.0232. The van der Waals surface area contributed by atoms with Crippen LogP contribution in [-0.2, 0) is 0 Å². The van der Waals surface area contributed by atoms with Gasteiger partial charge in [0.15, 0.2) is 5.78 Å². The number of nitrogens with one attached hydrogen (secondary N) is 1. The van der Waals surface area contributed by atoms with E-state index in [4.69, 9.17) is 0 Å². The number of hydrogen-bond donors (Lipinski definition) is 1. The van der Waals surface area contributed by atoms with E-state index in [0.717, 1.165) is 33.1 Å². The van der Waals surface area contributed by atoms with Crippen LogP contribution in [0.5, 0.6) is 0 Å². The molecule has 0 saturated carbocycles. The normalized spacial score (nSPS) is 11.5. The lowest BCUT2D eigenvalue weighted by atomic mass is 10.1. The van der Waals surface area contributed by atoms with Gasteiger partial charge in [-0.1, -0.05) is 48.0 Å². The van der Waals surface area contributed by atoms with Gasteiger partial charge in [-0.2, -0.15) is 0 Å². The van der Waals surface area contributed by atoms with Crippen LogP contribution >= 0.6 is 0 Å². The minimum atomic E-state index is -0.0232. The molecule has 2 heterocycles. The fourth-order valence-corrected chi connectivity index (χ4v) is 2.89. The lowest BCUT2D eigenvalue weighted by Crippen LogP contribution is -1.94. The number of rotatable bonds is 3. The standard InChI is InChI=1S/C21H16N2O/c1-14-6-8-15(9-7-14)20(24)11-10-19-21-17(12-13-22-19)16-4-2-3-5-18(16)23-21/h2-13,23H,1H3/b11-10+. The first-order valence-electron chi connectivity index (χ1n) is 7.87. The number of nitrogens with zero attached hydrogens (tertiary/aromatic N) is 1. The number of aromatic nitrogens is 2. The minimum Gasteiger partial charge on any atom is -0.353 e. The van der Waals surface area contributed by atoms with Crippen LogP contribution in [0.25, 0.3) is 27.9 Å². The zero-order valence-corrected chi connectivity index (χ0v) is 13.3. The second-order valence-electron chi connectivity index (χ2n) is 5.85. The number of H-pyrrole nitrogens is 1. The number of aromatic amines is 1. The highest BCUT2D eigenvalue weighted by atomic mass is 16.1. The van der Waals surface area contributed by atoms with Crippen molar-refractivity contribution in [1.82, 2.24) is 9.97 Å². The van der Waals surface area contributed by atoms with Crippen LogP contribution < -0.4 is 0 Å². The molecule has 4 rings (SSSR count). The van der Waals surface area contributed by atoms with Gasteiger partial charge in [-0.25, -0.2) is 0 Å². The van der Waals surface area contributed by atoms with Crippen LogP contribution in [0, 0.1) is 6.92 Å². The number of pyridine rings is 1. The monoisotopic (exact) mass is 312 g/mol. The van der Waals surface area contributed by atoms with E-state index in [1.54, 1.807) is 18.3 Å². The number of aryl methyl sites for hydroxylation is 1. The Bertz CT molecular complexity index is 1070. The van der Waals surface area contributed by atoms with Crippen molar-refractivity contribution >= 4 is 33.7 Å². The Hall–Kier alpha value is -3.20. The van der Waals surface area contributed by atoms with Crippen molar-refractivity contribution in [3.63, 3.8) is 0 Å². The molecular weight excluding hydrogens is 296 g/mol. The van der Waals surface area contributed by atoms with Gasteiger partial charge in [0, 0.05) is 28.0 Å². The molecule has 0 saturated heterocycles. The lowest BCUT2D eigenvalue weighted by Gasteiger charge is -1.98. The van der Waals surface area contributed by atoms with Crippen molar-refractivity contribution in [1.29, 1.82) is 0 Å². The SMILES string of the molecule is Cc1ccc(C(=O)/C=C/c2nccc3c2[nH]c2ccccc23)cc1. The Labute approximate surface area is 139 Å². The van der Waals surface area contributed by atoms with Crippen LogP contribution in [0.4, 0.5) is 0 Å². The number of hydrogen-bond acceptors (Lipinski definition) is 2. The van der Waals surface area contributed by atoms with E-state index in [1.165, 1.54) is 0 Å². The number of carbonyl (C=O) groups excluding carboxylic acids is 1. The third kappa shape index (κ3) is 2.50. The maximum atomic E-state index is 12.3. The molecule has 0 unspecified atom stereocenters. The number of ketones is 1. The summed E-state index contributed by atoms with van der Waals surface area (Å²) in [4.78, 5) is 20.1. The van der Waals surface area contributed by atoms with Gasteiger partial charge in [0.2, 0.25) is 0 Å². The van der Waals surface area contributed by atoms with Crippen molar-refractivity contribution < 1.29 is 4.79 Å². The highest BCUT2D eigenvalue weighted by Gasteiger charge is 2.07. The summed E-state index contributed by atoms with van der Waals surface area (Å²) in [5, 5.41) is 2.28. The van der Waals surface area contributed by atoms with E-state index in [9.17, 15) is 4.79 Å². The molecule has 0 amide bonds. The second kappa shape index (κ2) is 5.78. The molecule has 2 aromatic heterocycles. The van der Waals surface area contributed by atoms with Crippen molar-refractivity contribution in [2.24, 2.45) is 0 Å². The van der Waals surface area contributed by atoms with Crippen molar-refractivity contribution in [3.8, 4) is 0 Å². The summed E-state index contributed by atoms with van der Waals surface area (Å²) in [7, 11) is 0. The molecule has 0 aliphatic heterocycles. The summed E-state index contributed by atoms with van der Waals surface area (Å²) < 4.78 is 0. The third-order valence-electron chi connectivity index (χ3n) is 4.19. The second-order valence-corrected chi connectivity index (χ2v) is 5.85. The average molecular weight is 312 g/mol. The summed E-state index contributed by atoms with van der Waals surface area (Å²) in [5.74, 6) is -0.0232. The first-order valence-corrected chi connectivity index (χ1v) is 7.87. The van der Waals surface area contributed by atoms with Gasteiger partial charge in [0.1, 0.15) is 0 Å². The van der Waals surface area contributed by atoms with Gasteiger partial charge >= 0.3 is 0 Å². The molecule has 4 aromatic rings. The Morgan fingerprint density at radius 2 is 1.79 bits per heavy atom. The van der Waals surface area contributed by atoms with Crippen LogP contribution in [0.1, 0.15) is 21.6 Å². The first kappa shape index (κ1) is 14.4. The zero-order valence-electron chi connectivity index (χ0n) is 13.3. The fraction of sp³-hybridized carbons (Fsp3) is 0.0476. The molecule has 0 bridgehead atoms. The van der Waals surface area contributed by atoms with Gasteiger partial charge in [0.05, 0.1) is 11.2 Å². The molecule has 1 N–H and O–H groups in total. The smallest absolute Gasteiger partial charge is 0.185 e. The van der Waals surface area contributed by atoms with Crippen molar-refractivity contribution in [2.75, 3.05) is 0 Å². The molecule has 0 spiro atoms. The van der Waals surface area contributed by atoms with Gasteiger partial charge in [-0.15, -0.1) is 0 Å². The van der Waals surface area contributed by atoms with Crippen molar-refractivity contribution in [3.05, 3.63) is 83.7 Å². The summed E-state index contributed by atoms with van der Waals surface area (Å²) in [6.45, 7) is 2.00. The lowest BCUT2D eigenvalue weighted by molar-refractivity contribution is 0.104. The zero-order chi connectivity index (χ0) is 16.5. The van der Waals surface area contributed by atoms with E-state index in [-0.39, 0.29) is 5.78 Å². The molecule has 2 aromatic carbocycles. The molecule has 116 valence electrons. The fourth-order valence-electron chi connectivity index (χ4n) is 2.89. The Morgan fingerprint density at radius 3 is 2.62 bits per heavy atom. The highest BCUT2D eigenvalue weighted by Crippen LogP contribution is 2.26. The predicted octanol–water partition coefficient (Wildman–Crippen LogP) is 4.92. The number of allylic oxidation sites excluding steroid dienone is 1. The number of carbonyl (C=O) groups is 1. The molecule has 0 aliphatic carbocycles. The van der Waals surface area contributed by atoms with Gasteiger partial charge in [-0.05, 0) is 31.2 Å². The van der Waals surface area contributed by atoms with Gasteiger partial charge < -0.3 is 4.98 Å².